The molecule has 1 aromatic heterocycles. The summed E-state index contributed by atoms with van der Waals surface area (Å²) in [5.41, 5.74) is 3.25. The minimum Gasteiger partial charge on any atom is -0.495 e. The van der Waals surface area contributed by atoms with Gasteiger partial charge in [0.15, 0.2) is 4.90 Å². The van der Waals surface area contributed by atoms with Crippen LogP contribution in [0.25, 0.3) is 11.8 Å². The molecule has 1 amide bonds. The smallest absolute Gasteiger partial charge is 0.245 e. The molecule has 1 atom stereocenters. The Bertz CT molecular complexity index is 1390. The maximum atomic E-state index is 12.8. The highest BCUT2D eigenvalue weighted by molar-refractivity contribution is 7.89. The molecule has 1 aliphatic rings. The van der Waals surface area contributed by atoms with Gasteiger partial charge in [-0.3, -0.25) is 4.79 Å². The zero-order valence-corrected chi connectivity index (χ0v) is 21.5. The molecule has 0 radical (unpaired) electrons. The third-order valence-corrected chi connectivity index (χ3v) is 7.19. The van der Waals surface area contributed by atoms with Gasteiger partial charge >= 0.3 is 0 Å². The third-order valence-electron chi connectivity index (χ3n) is 5.99. The Labute approximate surface area is 214 Å². The molecular weight excluding hydrogens is 506 g/mol. The first-order valence-electron chi connectivity index (χ1n) is 10.9. The van der Waals surface area contributed by atoms with Gasteiger partial charge in [-0.25, -0.2) is 13.6 Å². The van der Waals surface area contributed by atoms with Gasteiger partial charge in [0.25, 0.3) is 0 Å². The predicted octanol–water partition coefficient (Wildman–Crippen LogP) is 3.79. The number of fused-ring (bicyclic) bond motifs is 1. The largest absolute Gasteiger partial charge is 0.495 e. The van der Waals surface area contributed by atoms with Crippen LogP contribution in [0.5, 0.6) is 11.5 Å². The number of nitrogens with zero attached hydrogens (tertiary/aromatic N) is 1. The predicted molar refractivity (Wildman–Crippen MR) is 136 cm³/mol. The summed E-state index contributed by atoms with van der Waals surface area (Å²) >= 11 is 6.30. The number of benzene rings is 2. The number of nitrogens with one attached hydrogen (secondary N) is 1. The Hall–Kier alpha value is -3.47. The van der Waals surface area contributed by atoms with E-state index < -0.39 is 10.0 Å². The second-order valence-corrected chi connectivity index (χ2v) is 10.2. The number of ether oxygens (including phenoxy) is 2. The molecule has 0 spiro atoms. The number of furan rings is 1. The van der Waals surface area contributed by atoms with Crippen LogP contribution in [0.1, 0.15) is 34.9 Å². The van der Waals surface area contributed by atoms with Crippen LogP contribution in [0, 0.1) is 0 Å². The normalized spacial score (nSPS) is 16.2. The van der Waals surface area contributed by atoms with E-state index in [0.717, 1.165) is 16.8 Å². The lowest BCUT2D eigenvalue weighted by atomic mass is 10.0. The van der Waals surface area contributed by atoms with Gasteiger partial charge in [0.2, 0.25) is 15.9 Å². The fourth-order valence-electron chi connectivity index (χ4n) is 4.30. The number of primary sulfonamides is 1. The molecule has 0 aliphatic carbocycles. The second kappa shape index (κ2) is 10.3. The lowest BCUT2D eigenvalue weighted by Gasteiger charge is -2.23. The van der Waals surface area contributed by atoms with Crippen LogP contribution in [0.3, 0.4) is 0 Å². The summed E-state index contributed by atoms with van der Waals surface area (Å²) in [5, 5.41) is 8.81. The molecule has 9 nitrogen and oxygen atoms in total. The van der Waals surface area contributed by atoms with Crippen LogP contribution in [0.4, 0.5) is 0 Å². The van der Waals surface area contributed by atoms with Crippen molar-refractivity contribution in [1.82, 2.24) is 10.2 Å². The maximum Gasteiger partial charge on any atom is 0.245 e. The van der Waals surface area contributed by atoms with Crippen LogP contribution < -0.4 is 19.9 Å². The molecular formula is C25H26ClN3O6S. The monoisotopic (exact) mass is 531 g/mol. The zero-order valence-electron chi connectivity index (χ0n) is 19.9. The van der Waals surface area contributed by atoms with E-state index in [0.29, 0.717) is 22.9 Å². The van der Waals surface area contributed by atoms with Crippen molar-refractivity contribution in [3.63, 3.8) is 0 Å². The maximum absolute atomic E-state index is 12.8. The number of carbonyl (C=O) groups excluding carboxylic acids is 1. The molecule has 0 saturated heterocycles. The lowest BCUT2D eigenvalue weighted by molar-refractivity contribution is -0.122. The van der Waals surface area contributed by atoms with Crippen molar-refractivity contribution in [3.05, 3.63) is 76.2 Å². The van der Waals surface area contributed by atoms with Gasteiger partial charge in [-0.05, 0) is 53.6 Å². The van der Waals surface area contributed by atoms with Crippen molar-refractivity contribution < 1.29 is 27.1 Å². The minimum absolute atomic E-state index is 0.0644. The number of halogens is 1. The standard InChI is InChI=1S/C25H26ClN3O6S/c1-29-20(9-15-10-22(33-2)25(36(27,31)32)23(11-15)34-3)18-7-6-16(26)12-19(18)21(29)13-24(30)28-14-17-5-4-8-35-17/h4-12,21H,13-14H2,1-3H3,(H,28,30)(H2,27,31,32). The number of rotatable bonds is 8. The first-order chi connectivity index (χ1) is 17.1. The second-order valence-electron chi connectivity index (χ2n) is 8.25. The molecule has 0 saturated carbocycles. The van der Waals surface area contributed by atoms with E-state index in [-0.39, 0.29) is 34.8 Å². The highest BCUT2D eigenvalue weighted by Gasteiger charge is 2.33. The Morgan fingerprint density at radius 1 is 1.19 bits per heavy atom. The number of hydrogen-bond donors (Lipinski definition) is 2. The molecule has 0 bridgehead atoms. The van der Waals surface area contributed by atoms with Gasteiger partial charge in [-0.15, -0.1) is 0 Å². The van der Waals surface area contributed by atoms with Gasteiger partial charge < -0.3 is 24.1 Å². The first-order valence-corrected chi connectivity index (χ1v) is 12.9. The van der Waals surface area contributed by atoms with Gasteiger partial charge in [0.05, 0.1) is 39.5 Å². The van der Waals surface area contributed by atoms with Gasteiger partial charge in [-0.2, -0.15) is 0 Å². The summed E-state index contributed by atoms with van der Waals surface area (Å²) in [4.78, 5) is 14.5. The number of hydrogen-bond acceptors (Lipinski definition) is 7. The summed E-state index contributed by atoms with van der Waals surface area (Å²) in [6.45, 7) is 0.295. The van der Waals surface area contributed by atoms with Crippen LogP contribution >= 0.6 is 11.6 Å². The zero-order chi connectivity index (χ0) is 26.0. The Balaban J connectivity index is 1.70. The third kappa shape index (κ3) is 5.20. The molecule has 190 valence electrons. The molecule has 2 heterocycles. The average molecular weight is 532 g/mol. The van der Waals surface area contributed by atoms with Crippen molar-refractivity contribution in [3.8, 4) is 11.5 Å². The van der Waals surface area contributed by atoms with Crippen molar-refractivity contribution >= 4 is 39.3 Å². The average Bonchev–Trinajstić information content (AvgIpc) is 3.44. The SMILES string of the molecule is COc1cc(C=C2c3ccc(Cl)cc3C(CC(=O)NCc3ccco3)N2C)cc(OC)c1S(N)(=O)=O. The Morgan fingerprint density at radius 2 is 1.89 bits per heavy atom. The fraction of sp³-hybridized carbons (Fsp3) is 0.240. The quantitative estimate of drug-likeness (QED) is 0.453. The summed E-state index contributed by atoms with van der Waals surface area (Å²) in [5.74, 6) is 0.651. The van der Waals surface area contributed by atoms with Crippen molar-refractivity contribution in [2.45, 2.75) is 23.9 Å². The van der Waals surface area contributed by atoms with E-state index in [1.165, 1.54) is 14.2 Å². The van der Waals surface area contributed by atoms with Crippen LogP contribution in [-0.2, 0) is 21.4 Å². The van der Waals surface area contributed by atoms with E-state index in [4.69, 9.17) is 30.6 Å². The molecule has 0 fully saturated rings. The van der Waals surface area contributed by atoms with Crippen LogP contribution in [0.2, 0.25) is 5.02 Å². The highest BCUT2D eigenvalue weighted by atomic mass is 35.5. The fourth-order valence-corrected chi connectivity index (χ4v) is 5.33. The summed E-state index contributed by atoms with van der Waals surface area (Å²) < 4.78 is 40.1. The van der Waals surface area contributed by atoms with Crippen molar-refractivity contribution in [2.24, 2.45) is 5.14 Å². The van der Waals surface area contributed by atoms with E-state index in [2.05, 4.69) is 5.32 Å². The Morgan fingerprint density at radius 3 is 2.47 bits per heavy atom. The minimum atomic E-state index is -4.09. The number of amides is 1. The van der Waals surface area contributed by atoms with Crippen LogP contribution in [0.15, 0.2) is 58.0 Å². The van der Waals surface area contributed by atoms with Crippen molar-refractivity contribution in [2.75, 3.05) is 21.3 Å². The number of nitrogens with two attached hydrogens (primary N) is 1. The molecule has 3 N–H and O–H groups in total. The molecule has 1 aliphatic heterocycles. The number of sulfonamides is 1. The van der Waals surface area contributed by atoms with Gasteiger partial charge in [0.1, 0.15) is 17.3 Å². The topological polar surface area (TPSA) is 124 Å². The summed E-state index contributed by atoms with van der Waals surface area (Å²) in [6, 6.07) is 12.0. The molecule has 4 rings (SSSR count). The van der Waals surface area contributed by atoms with E-state index in [1.807, 2.05) is 30.2 Å². The van der Waals surface area contributed by atoms with Crippen LogP contribution in [-0.4, -0.2) is 40.5 Å². The summed E-state index contributed by atoms with van der Waals surface area (Å²) in [6.07, 6.45) is 3.62. The van der Waals surface area contributed by atoms with Crippen molar-refractivity contribution in [1.29, 1.82) is 0 Å². The Kier molecular flexibility index (Phi) is 7.30. The lowest BCUT2D eigenvalue weighted by Crippen LogP contribution is -2.27. The molecule has 1 unspecified atom stereocenters. The van der Waals surface area contributed by atoms with Gasteiger partial charge in [-0.1, -0.05) is 17.7 Å². The van der Waals surface area contributed by atoms with Gasteiger partial charge in [0, 0.05) is 23.3 Å². The molecule has 11 heteroatoms. The summed E-state index contributed by atoms with van der Waals surface area (Å²) in [7, 11) is 0.514. The van der Waals surface area contributed by atoms with E-state index >= 15 is 0 Å². The first kappa shape index (κ1) is 25.6. The van der Waals surface area contributed by atoms with E-state index in [1.54, 1.807) is 36.6 Å². The molecule has 36 heavy (non-hydrogen) atoms. The molecule has 3 aromatic rings. The number of methoxy groups -OCH3 is 2. The van der Waals surface area contributed by atoms with E-state index in [9.17, 15) is 13.2 Å². The highest BCUT2D eigenvalue weighted by Crippen LogP contribution is 2.44. The number of carbonyl (C=O) groups is 1. The molecule has 2 aromatic carbocycles.